The Labute approximate surface area is 113 Å². The molecular formula is C15H20N2O2. The van der Waals surface area contributed by atoms with Gasteiger partial charge in [0.2, 0.25) is 5.91 Å². The smallest absolute Gasteiger partial charge is 0.253 e. The maximum Gasteiger partial charge on any atom is 0.253 e. The van der Waals surface area contributed by atoms with Gasteiger partial charge in [-0.05, 0) is 31.4 Å². The fourth-order valence-electron chi connectivity index (χ4n) is 2.18. The number of anilines is 1. The summed E-state index contributed by atoms with van der Waals surface area (Å²) in [6.45, 7) is 6.93. The van der Waals surface area contributed by atoms with Gasteiger partial charge in [0.05, 0.1) is 17.8 Å². The minimum absolute atomic E-state index is 0.0448. The summed E-state index contributed by atoms with van der Waals surface area (Å²) in [5.41, 5.74) is 2.34. The predicted octanol–water partition coefficient (Wildman–Crippen LogP) is 2.12. The van der Waals surface area contributed by atoms with Crippen molar-refractivity contribution in [2.75, 3.05) is 18.0 Å². The Kier molecular flexibility index (Phi) is 3.88. The molecule has 0 bridgehead atoms. The van der Waals surface area contributed by atoms with Gasteiger partial charge in [-0.1, -0.05) is 25.5 Å². The number of nitrogens with zero attached hydrogens (tertiary/aromatic N) is 1. The maximum absolute atomic E-state index is 12.1. The Morgan fingerprint density at radius 3 is 2.74 bits per heavy atom. The number of benzene rings is 1. The lowest BCUT2D eigenvalue weighted by Crippen LogP contribution is -2.37. The lowest BCUT2D eigenvalue weighted by Gasteiger charge is -2.23. The van der Waals surface area contributed by atoms with E-state index in [1.165, 1.54) is 0 Å². The van der Waals surface area contributed by atoms with Gasteiger partial charge in [0.15, 0.2) is 0 Å². The summed E-state index contributed by atoms with van der Waals surface area (Å²) < 4.78 is 0. The van der Waals surface area contributed by atoms with Crippen LogP contribution in [0.4, 0.5) is 5.69 Å². The van der Waals surface area contributed by atoms with E-state index in [1.807, 2.05) is 25.1 Å². The summed E-state index contributed by atoms with van der Waals surface area (Å²) in [6.07, 6.45) is 0.924. The van der Waals surface area contributed by atoms with E-state index in [4.69, 9.17) is 0 Å². The SMILES string of the molecule is Cc1ccc2c(c1)C(=O)NCC(=O)N2CCC(C)C. The minimum Gasteiger partial charge on any atom is -0.343 e. The number of carbonyl (C=O) groups excluding carboxylic acids is 2. The zero-order valence-corrected chi connectivity index (χ0v) is 11.7. The Hall–Kier alpha value is -1.84. The van der Waals surface area contributed by atoms with Crippen molar-refractivity contribution in [3.8, 4) is 0 Å². The van der Waals surface area contributed by atoms with E-state index in [1.54, 1.807) is 4.90 Å². The fourth-order valence-corrected chi connectivity index (χ4v) is 2.18. The highest BCUT2D eigenvalue weighted by Crippen LogP contribution is 2.24. The zero-order chi connectivity index (χ0) is 14.0. The first-order chi connectivity index (χ1) is 8.99. The van der Waals surface area contributed by atoms with Crippen molar-refractivity contribution < 1.29 is 9.59 Å². The second kappa shape index (κ2) is 5.43. The number of carbonyl (C=O) groups is 2. The monoisotopic (exact) mass is 260 g/mol. The molecular weight excluding hydrogens is 240 g/mol. The molecule has 0 saturated carbocycles. The average molecular weight is 260 g/mol. The van der Waals surface area contributed by atoms with Crippen LogP contribution in [-0.2, 0) is 4.79 Å². The van der Waals surface area contributed by atoms with E-state index in [2.05, 4.69) is 19.2 Å². The molecule has 2 rings (SSSR count). The highest BCUT2D eigenvalue weighted by molar-refractivity contribution is 6.09. The molecule has 0 aromatic heterocycles. The topological polar surface area (TPSA) is 49.4 Å². The molecule has 0 saturated heterocycles. The van der Waals surface area contributed by atoms with Crippen LogP contribution in [-0.4, -0.2) is 24.9 Å². The van der Waals surface area contributed by atoms with Crippen molar-refractivity contribution in [3.63, 3.8) is 0 Å². The molecule has 4 nitrogen and oxygen atoms in total. The molecule has 1 aliphatic heterocycles. The van der Waals surface area contributed by atoms with Crippen LogP contribution >= 0.6 is 0 Å². The Morgan fingerprint density at radius 2 is 2.05 bits per heavy atom. The minimum atomic E-state index is -0.168. The van der Waals surface area contributed by atoms with Gasteiger partial charge in [0.25, 0.3) is 5.91 Å². The van der Waals surface area contributed by atoms with Gasteiger partial charge in [-0.25, -0.2) is 0 Å². The maximum atomic E-state index is 12.1. The van der Waals surface area contributed by atoms with Gasteiger partial charge in [0.1, 0.15) is 0 Å². The molecule has 0 fully saturated rings. The first-order valence-corrected chi connectivity index (χ1v) is 6.68. The van der Waals surface area contributed by atoms with Gasteiger partial charge in [-0.2, -0.15) is 0 Å². The lowest BCUT2D eigenvalue weighted by molar-refractivity contribution is -0.117. The summed E-state index contributed by atoms with van der Waals surface area (Å²) in [6, 6.07) is 5.65. The normalized spacial score (nSPS) is 15.3. The van der Waals surface area contributed by atoms with Gasteiger partial charge in [0, 0.05) is 6.54 Å². The molecule has 1 N–H and O–H groups in total. The van der Waals surface area contributed by atoms with Gasteiger partial charge >= 0.3 is 0 Å². The number of aryl methyl sites for hydroxylation is 1. The van der Waals surface area contributed by atoms with E-state index in [0.29, 0.717) is 18.0 Å². The molecule has 0 atom stereocenters. The molecule has 0 spiro atoms. The van der Waals surface area contributed by atoms with Gasteiger partial charge in [-0.3, -0.25) is 9.59 Å². The predicted molar refractivity (Wildman–Crippen MR) is 75.3 cm³/mol. The van der Waals surface area contributed by atoms with Crippen molar-refractivity contribution in [2.24, 2.45) is 5.92 Å². The second-order valence-electron chi connectivity index (χ2n) is 5.43. The van der Waals surface area contributed by atoms with Crippen LogP contribution in [0.2, 0.25) is 0 Å². The van der Waals surface area contributed by atoms with E-state index in [9.17, 15) is 9.59 Å². The van der Waals surface area contributed by atoms with Crippen LogP contribution in [0.25, 0.3) is 0 Å². The highest BCUT2D eigenvalue weighted by Gasteiger charge is 2.26. The standard InChI is InChI=1S/C15H20N2O2/c1-10(2)6-7-17-13-5-4-11(3)8-12(13)15(19)16-9-14(17)18/h4-5,8,10H,6-7,9H2,1-3H3,(H,16,19). The molecule has 1 heterocycles. The Balaban J connectivity index is 2.38. The number of amides is 2. The summed E-state index contributed by atoms with van der Waals surface area (Å²) in [5.74, 6) is 0.310. The van der Waals surface area contributed by atoms with Gasteiger partial charge in [-0.15, -0.1) is 0 Å². The number of hydrogen-bond acceptors (Lipinski definition) is 2. The second-order valence-corrected chi connectivity index (χ2v) is 5.43. The Morgan fingerprint density at radius 1 is 1.32 bits per heavy atom. The van der Waals surface area contributed by atoms with Crippen molar-refractivity contribution in [2.45, 2.75) is 27.2 Å². The van der Waals surface area contributed by atoms with Crippen molar-refractivity contribution in [1.82, 2.24) is 5.32 Å². The number of nitrogens with one attached hydrogen (secondary N) is 1. The van der Waals surface area contributed by atoms with Crippen LogP contribution in [0.1, 0.15) is 36.2 Å². The Bertz CT molecular complexity index is 509. The summed E-state index contributed by atoms with van der Waals surface area (Å²) in [5, 5.41) is 2.67. The van der Waals surface area contributed by atoms with Crippen molar-refractivity contribution in [1.29, 1.82) is 0 Å². The molecule has 1 aliphatic rings. The number of hydrogen-bond donors (Lipinski definition) is 1. The molecule has 19 heavy (non-hydrogen) atoms. The third-order valence-electron chi connectivity index (χ3n) is 3.32. The molecule has 1 aromatic rings. The van der Waals surface area contributed by atoms with Crippen LogP contribution in [0.15, 0.2) is 18.2 Å². The van der Waals surface area contributed by atoms with Crippen LogP contribution in [0, 0.1) is 12.8 Å². The third-order valence-corrected chi connectivity index (χ3v) is 3.32. The van der Waals surface area contributed by atoms with Crippen molar-refractivity contribution in [3.05, 3.63) is 29.3 Å². The molecule has 1 aromatic carbocycles. The van der Waals surface area contributed by atoms with Crippen LogP contribution in [0.3, 0.4) is 0 Å². The van der Waals surface area contributed by atoms with E-state index in [0.717, 1.165) is 17.7 Å². The van der Waals surface area contributed by atoms with E-state index >= 15 is 0 Å². The van der Waals surface area contributed by atoms with Crippen molar-refractivity contribution >= 4 is 17.5 Å². The molecule has 2 amide bonds. The van der Waals surface area contributed by atoms with Crippen LogP contribution < -0.4 is 10.2 Å². The summed E-state index contributed by atoms with van der Waals surface area (Å²) >= 11 is 0. The number of fused-ring (bicyclic) bond motifs is 1. The highest BCUT2D eigenvalue weighted by atomic mass is 16.2. The molecule has 0 unspecified atom stereocenters. The largest absolute Gasteiger partial charge is 0.343 e. The molecule has 4 heteroatoms. The summed E-state index contributed by atoms with van der Waals surface area (Å²) in [4.78, 5) is 25.9. The van der Waals surface area contributed by atoms with E-state index in [-0.39, 0.29) is 18.4 Å². The molecule has 102 valence electrons. The van der Waals surface area contributed by atoms with Gasteiger partial charge < -0.3 is 10.2 Å². The van der Waals surface area contributed by atoms with Crippen LogP contribution in [0.5, 0.6) is 0 Å². The third kappa shape index (κ3) is 2.95. The number of rotatable bonds is 3. The fraction of sp³-hybridized carbons (Fsp3) is 0.467. The first kappa shape index (κ1) is 13.6. The summed E-state index contributed by atoms with van der Waals surface area (Å²) in [7, 11) is 0. The molecule has 0 radical (unpaired) electrons. The lowest BCUT2D eigenvalue weighted by atomic mass is 10.1. The zero-order valence-electron chi connectivity index (χ0n) is 11.7. The first-order valence-electron chi connectivity index (χ1n) is 6.68. The average Bonchev–Trinajstić information content (AvgIpc) is 2.47. The quantitative estimate of drug-likeness (QED) is 0.905. The molecule has 0 aliphatic carbocycles. The van der Waals surface area contributed by atoms with E-state index < -0.39 is 0 Å².